The lowest BCUT2D eigenvalue weighted by Crippen LogP contribution is -2.40. The fourth-order valence-corrected chi connectivity index (χ4v) is 3.91. The number of thiazole rings is 1. The molecular formula is C24H26N4O6S. The molecule has 1 aliphatic rings. The Balaban J connectivity index is 1.51. The number of morpholine rings is 1. The summed E-state index contributed by atoms with van der Waals surface area (Å²) in [5.74, 6) is 0.424. The van der Waals surface area contributed by atoms with Crippen molar-refractivity contribution in [2.45, 2.75) is 13.0 Å². The number of carbonyl (C=O) groups excluding carboxylic acids is 2. The SMILES string of the molecule is COC[C@@H](C)Oc1cc(C(=O)Nc2nccs2)cc(Oc2ccc(C(=O)N3CCOCC3)cc2)n1. The minimum absolute atomic E-state index is 0.0540. The molecule has 0 aliphatic carbocycles. The largest absolute Gasteiger partial charge is 0.472 e. The molecule has 3 heterocycles. The monoisotopic (exact) mass is 498 g/mol. The van der Waals surface area contributed by atoms with Crippen LogP contribution < -0.4 is 14.8 Å². The lowest BCUT2D eigenvalue weighted by Gasteiger charge is -2.26. The molecule has 0 unspecified atom stereocenters. The van der Waals surface area contributed by atoms with Crippen molar-refractivity contribution in [3.63, 3.8) is 0 Å². The van der Waals surface area contributed by atoms with Crippen molar-refractivity contribution in [1.82, 2.24) is 14.9 Å². The molecule has 0 radical (unpaired) electrons. The van der Waals surface area contributed by atoms with Crippen LogP contribution in [0.4, 0.5) is 5.13 Å². The first-order chi connectivity index (χ1) is 17.0. The molecule has 10 nitrogen and oxygen atoms in total. The number of hydrogen-bond acceptors (Lipinski definition) is 9. The quantitative estimate of drug-likeness (QED) is 0.477. The second-order valence-electron chi connectivity index (χ2n) is 7.74. The molecule has 1 saturated heterocycles. The third-order valence-electron chi connectivity index (χ3n) is 5.04. The third kappa shape index (κ3) is 6.75. The summed E-state index contributed by atoms with van der Waals surface area (Å²) in [5.41, 5.74) is 0.852. The number of anilines is 1. The van der Waals surface area contributed by atoms with Gasteiger partial charge in [0.1, 0.15) is 11.9 Å². The normalized spacial score (nSPS) is 14.3. The van der Waals surface area contributed by atoms with Gasteiger partial charge in [0.25, 0.3) is 11.8 Å². The lowest BCUT2D eigenvalue weighted by atomic mass is 10.2. The Morgan fingerprint density at radius 3 is 2.57 bits per heavy atom. The topological polar surface area (TPSA) is 112 Å². The highest BCUT2D eigenvalue weighted by atomic mass is 32.1. The number of nitrogens with zero attached hydrogens (tertiary/aromatic N) is 3. The van der Waals surface area contributed by atoms with Gasteiger partial charge < -0.3 is 23.8 Å². The Morgan fingerprint density at radius 1 is 1.14 bits per heavy atom. The van der Waals surface area contributed by atoms with Crippen LogP contribution >= 0.6 is 11.3 Å². The average Bonchev–Trinajstić information content (AvgIpc) is 3.37. The van der Waals surface area contributed by atoms with E-state index < -0.39 is 0 Å². The van der Waals surface area contributed by atoms with Crippen LogP contribution in [-0.2, 0) is 9.47 Å². The predicted molar refractivity (Wildman–Crippen MR) is 130 cm³/mol. The lowest BCUT2D eigenvalue weighted by molar-refractivity contribution is 0.0303. The molecule has 2 amide bonds. The molecule has 11 heteroatoms. The number of ether oxygens (including phenoxy) is 4. The highest BCUT2D eigenvalue weighted by Crippen LogP contribution is 2.26. The van der Waals surface area contributed by atoms with Crippen LogP contribution in [0.2, 0.25) is 0 Å². The molecule has 1 N–H and O–H groups in total. The van der Waals surface area contributed by atoms with E-state index in [1.54, 1.807) is 47.9 Å². The van der Waals surface area contributed by atoms with Gasteiger partial charge in [-0.2, -0.15) is 4.98 Å². The molecule has 1 aliphatic heterocycles. The van der Waals surface area contributed by atoms with Crippen molar-refractivity contribution >= 4 is 28.3 Å². The van der Waals surface area contributed by atoms with E-state index in [0.29, 0.717) is 54.9 Å². The van der Waals surface area contributed by atoms with Gasteiger partial charge in [-0.15, -0.1) is 11.3 Å². The molecular weight excluding hydrogens is 472 g/mol. The number of benzene rings is 1. The van der Waals surface area contributed by atoms with Crippen molar-refractivity contribution in [2.75, 3.05) is 45.3 Å². The Kier molecular flexibility index (Phi) is 8.24. The highest BCUT2D eigenvalue weighted by molar-refractivity contribution is 7.13. The van der Waals surface area contributed by atoms with E-state index in [9.17, 15) is 9.59 Å². The zero-order valence-corrected chi connectivity index (χ0v) is 20.2. The summed E-state index contributed by atoms with van der Waals surface area (Å²) < 4.78 is 22.1. The maximum Gasteiger partial charge on any atom is 0.257 e. The van der Waals surface area contributed by atoms with Crippen molar-refractivity contribution in [3.05, 3.63) is 59.1 Å². The summed E-state index contributed by atoms with van der Waals surface area (Å²) in [6, 6.07) is 9.82. The van der Waals surface area contributed by atoms with E-state index in [4.69, 9.17) is 18.9 Å². The van der Waals surface area contributed by atoms with Crippen LogP contribution in [0.3, 0.4) is 0 Å². The summed E-state index contributed by atoms with van der Waals surface area (Å²) in [6.45, 7) is 4.41. The van der Waals surface area contributed by atoms with Gasteiger partial charge in [-0.05, 0) is 31.2 Å². The first-order valence-corrected chi connectivity index (χ1v) is 11.9. The van der Waals surface area contributed by atoms with Gasteiger partial charge in [-0.25, -0.2) is 4.98 Å². The maximum atomic E-state index is 12.8. The fourth-order valence-electron chi connectivity index (χ4n) is 3.39. The average molecular weight is 499 g/mol. The summed E-state index contributed by atoms with van der Waals surface area (Å²) in [5, 5.41) is 4.99. The second-order valence-corrected chi connectivity index (χ2v) is 8.63. The molecule has 3 aromatic rings. The Morgan fingerprint density at radius 2 is 1.89 bits per heavy atom. The van der Waals surface area contributed by atoms with Gasteiger partial charge in [0.15, 0.2) is 5.13 Å². The van der Waals surface area contributed by atoms with Gasteiger partial charge in [-0.3, -0.25) is 14.9 Å². The number of aromatic nitrogens is 2. The van der Waals surface area contributed by atoms with E-state index in [-0.39, 0.29) is 29.7 Å². The Labute approximate surface area is 206 Å². The minimum atomic E-state index is -0.372. The summed E-state index contributed by atoms with van der Waals surface area (Å²) in [6.07, 6.45) is 1.32. The standard InChI is InChI=1S/C24H26N4O6S/c1-16(15-31-2)33-20-13-18(22(29)27-24-25-7-12-35-24)14-21(26-20)34-19-5-3-17(4-6-19)23(30)28-8-10-32-11-9-28/h3-7,12-14,16H,8-11,15H2,1-2H3,(H,25,27,29)/t16-/m1/s1. The number of hydrogen-bond donors (Lipinski definition) is 1. The highest BCUT2D eigenvalue weighted by Gasteiger charge is 2.19. The summed E-state index contributed by atoms with van der Waals surface area (Å²) in [4.78, 5) is 35.7. The van der Waals surface area contributed by atoms with E-state index >= 15 is 0 Å². The third-order valence-corrected chi connectivity index (χ3v) is 5.73. The molecule has 1 fully saturated rings. The number of pyridine rings is 1. The van der Waals surface area contributed by atoms with Gasteiger partial charge in [0.05, 0.1) is 25.4 Å². The van der Waals surface area contributed by atoms with Gasteiger partial charge in [-0.1, -0.05) is 0 Å². The first-order valence-electron chi connectivity index (χ1n) is 11.1. The molecule has 0 saturated carbocycles. The second kappa shape index (κ2) is 11.7. The first kappa shape index (κ1) is 24.6. The van der Waals surface area contributed by atoms with Crippen LogP contribution in [0.25, 0.3) is 0 Å². The summed E-state index contributed by atoms with van der Waals surface area (Å²) >= 11 is 1.31. The zero-order valence-electron chi connectivity index (χ0n) is 19.4. The zero-order chi connectivity index (χ0) is 24.6. The van der Waals surface area contributed by atoms with Crippen molar-refractivity contribution < 1.29 is 28.5 Å². The van der Waals surface area contributed by atoms with Gasteiger partial charge in [0, 0.05) is 49.5 Å². The van der Waals surface area contributed by atoms with Crippen LogP contribution in [0.5, 0.6) is 17.5 Å². The molecule has 1 aromatic carbocycles. The van der Waals surface area contributed by atoms with E-state index in [2.05, 4.69) is 15.3 Å². The van der Waals surface area contributed by atoms with Crippen LogP contribution in [0.15, 0.2) is 48.0 Å². The molecule has 1 atom stereocenters. The Bertz CT molecular complexity index is 1130. The molecule has 4 rings (SSSR count). The van der Waals surface area contributed by atoms with E-state index in [1.165, 1.54) is 23.5 Å². The fraction of sp³-hybridized carbons (Fsp3) is 0.333. The smallest absolute Gasteiger partial charge is 0.257 e. The minimum Gasteiger partial charge on any atom is -0.472 e. The van der Waals surface area contributed by atoms with Crippen LogP contribution in [0.1, 0.15) is 27.6 Å². The van der Waals surface area contributed by atoms with Gasteiger partial charge >= 0.3 is 0 Å². The molecule has 0 bridgehead atoms. The van der Waals surface area contributed by atoms with Crippen LogP contribution in [-0.4, -0.2) is 72.8 Å². The molecule has 35 heavy (non-hydrogen) atoms. The Hall–Kier alpha value is -3.54. The number of methoxy groups -OCH3 is 1. The van der Waals surface area contributed by atoms with E-state index in [0.717, 1.165) is 0 Å². The van der Waals surface area contributed by atoms with Crippen molar-refractivity contribution in [3.8, 4) is 17.5 Å². The molecule has 0 spiro atoms. The number of nitrogens with one attached hydrogen (secondary N) is 1. The van der Waals surface area contributed by atoms with E-state index in [1.807, 2.05) is 6.92 Å². The van der Waals surface area contributed by atoms with Crippen molar-refractivity contribution in [1.29, 1.82) is 0 Å². The maximum absolute atomic E-state index is 12.8. The number of amides is 2. The summed E-state index contributed by atoms with van der Waals surface area (Å²) in [7, 11) is 1.58. The number of rotatable bonds is 9. The molecule has 2 aromatic heterocycles. The predicted octanol–water partition coefficient (Wildman–Crippen LogP) is 3.47. The van der Waals surface area contributed by atoms with Crippen molar-refractivity contribution in [2.24, 2.45) is 0 Å². The molecule has 184 valence electrons. The van der Waals surface area contributed by atoms with Crippen LogP contribution in [0, 0.1) is 0 Å². The number of carbonyl (C=O) groups is 2. The van der Waals surface area contributed by atoms with Gasteiger partial charge in [0.2, 0.25) is 11.8 Å².